The van der Waals surface area contributed by atoms with E-state index in [1.54, 1.807) is 0 Å². The van der Waals surface area contributed by atoms with Crippen LogP contribution in [0.2, 0.25) is 0 Å². The molecule has 14 heteroatoms. The molecule has 0 aliphatic heterocycles. The van der Waals surface area contributed by atoms with Gasteiger partial charge in [-0.3, -0.25) is 18.6 Å². The molecular formula is C46H87O13P. The van der Waals surface area contributed by atoms with Gasteiger partial charge in [0, 0.05) is 12.8 Å². The Kier molecular flexibility index (Phi) is 34.9. The molecule has 0 aromatic carbocycles. The zero-order valence-electron chi connectivity index (χ0n) is 37.5. The molecule has 8 atom stereocenters. The van der Waals surface area contributed by atoms with Crippen molar-refractivity contribution in [2.24, 2.45) is 0 Å². The topological polar surface area (TPSA) is 210 Å². The molecule has 1 saturated carbocycles. The number of carbonyl (C=O) groups excluding carboxylic acids is 2. The summed E-state index contributed by atoms with van der Waals surface area (Å²) >= 11 is 0. The molecule has 60 heavy (non-hydrogen) atoms. The lowest BCUT2D eigenvalue weighted by molar-refractivity contribution is -0.220. The number of rotatable bonds is 40. The SMILES string of the molecule is CCCCCCC/C=C\CCCCCCCC(=O)O[C@H](COC(=O)CCCCCCCCCCCCCCCCCCC)COP(=O)(O)OC1C(O)C(O)C(O)[C@@H](O)C1O. The van der Waals surface area contributed by atoms with Crippen LogP contribution >= 0.6 is 7.82 Å². The van der Waals surface area contributed by atoms with E-state index in [1.165, 1.54) is 116 Å². The highest BCUT2D eigenvalue weighted by Gasteiger charge is 2.51. The Morgan fingerprint density at radius 1 is 0.500 bits per heavy atom. The van der Waals surface area contributed by atoms with Crippen molar-refractivity contribution in [3.05, 3.63) is 12.2 Å². The Hall–Kier alpha value is -1.41. The summed E-state index contributed by atoms with van der Waals surface area (Å²) in [6, 6.07) is 0. The van der Waals surface area contributed by atoms with Crippen molar-refractivity contribution in [2.75, 3.05) is 13.2 Å². The fourth-order valence-corrected chi connectivity index (χ4v) is 8.43. The third-order valence-electron chi connectivity index (χ3n) is 11.4. The largest absolute Gasteiger partial charge is 0.472 e. The van der Waals surface area contributed by atoms with Crippen LogP contribution in [0, 0.1) is 0 Å². The number of allylic oxidation sites excluding steroid dienone is 2. The molecule has 0 amide bonds. The van der Waals surface area contributed by atoms with Gasteiger partial charge in [0.2, 0.25) is 0 Å². The fourth-order valence-electron chi connectivity index (χ4n) is 7.46. The predicted octanol–water partition coefficient (Wildman–Crippen LogP) is 9.45. The molecule has 1 fully saturated rings. The lowest BCUT2D eigenvalue weighted by Gasteiger charge is -2.41. The van der Waals surface area contributed by atoms with Crippen LogP contribution in [0.1, 0.15) is 213 Å². The number of aliphatic hydroxyl groups is 5. The first kappa shape index (κ1) is 56.6. The number of hydrogen-bond donors (Lipinski definition) is 6. The second kappa shape index (κ2) is 37.0. The molecule has 0 aromatic heterocycles. The second-order valence-corrected chi connectivity index (χ2v) is 18.4. The van der Waals surface area contributed by atoms with Crippen LogP contribution in [0.4, 0.5) is 0 Å². The van der Waals surface area contributed by atoms with Crippen LogP contribution in [-0.4, -0.2) is 98.3 Å². The molecular weight excluding hydrogens is 791 g/mol. The van der Waals surface area contributed by atoms with Gasteiger partial charge in [-0.2, -0.15) is 0 Å². The molecule has 0 aromatic rings. The number of ether oxygens (including phenoxy) is 2. The van der Waals surface area contributed by atoms with Crippen molar-refractivity contribution in [3.63, 3.8) is 0 Å². The zero-order valence-corrected chi connectivity index (χ0v) is 38.4. The maximum Gasteiger partial charge on any atom is 0.472 e. The Morgan fingerprint density at radius 3 is 1.27 bits per heavy atom. The average Bonchev–Trinajstić information content (AvgIpc) is 3.23. The number of unbranched alkanes of at least 4 members (excludes halogenated alkanes) is 26. The van der Waals surface area contributed by atoms with Gasteiger partial charge in [-0.15, -0.1) is 0 Å². The summed E-state index contributed by atoms with van der Waals surface area (Å²) in [5, 5.41) is 50.1. The van der Waals surface area contributed by atoms with Crippen LogP contribution < -0.4 is 0 Å². The van der Waals surface area contributed by atoms with Crippen LogP contribution in [0.15, 0.2) is 12.2 Å². The smallest absolute Gasteiger partial charge is 0.462 e. The Bertz CT molecular complexity index is 1110. The van der Waals surface area contributed by atoms with Crippen molar-refractivity contribution in [1.29, 1.82) is 0 Å². The summed E-state index contributed by atoms with van der Waals surface area (Å²) in [6.07, 6.45) is 25.5. The Labute approximate surface area is 363 Å². The zero-order chi connectivity index (χ0) is 44.3. The predicted molar refractivity (Wildman–Crippen MR) is 235 cm³/mol. The van der Waals surface area contributed by atoms with E-state index in [-0.39, 0.29) is 12.8 Å². The summed E-state index contributed by atoms with van der Waals surface area (Å²) < 4.78 is 33.5. The first-order chi connectivity index (χ1) is 28.9. The van der Waals surface area contributed by atoms with Crippen LogP contribution in [0.3, 0.4) is 0 Å². The minimum Gasteiger partial charge on any atom is -0.462 e. The summed E-state index contributed by atoms with van der Waals surface area (Å²) in [5.41, 5.74) is 0. The molecule has 0 saturated heterocycles. The van der Waals surface area contributed by atoms with Gasteiger partial charge in [0.15, 0.2) is 6.10 Å². The quantitative estimate of drug-likeness (QED) is 0.0147. The van der Waals surface area contributed by atoms with E-state index in [4.69, 9.17) is 18.5 Å². The molecule has 1 rings (SSSR count). The molecule has 6 N–H and O–H groups in total. The van der Waals surface area contributed by atoms with E-state index in [9.17, 15) is 44.6 Å². The van der Waals surface area contributed by atoms with E-state index in [1.807, 2.05) is 0 Å². The van der Waals surface area contributed by atoms with Crippen molar-refractivity contribution in [1.82, 2.24) is 0 Å². The van der Waals surface area contributed by atoms with E-state index >= 15 is 0 Å². The standard InChI is InChI=1S/C46H87O13P/c1-3-5-7-9-11-13-15-17-19-20-21-23-24-26-28-30-32-34-39(47)56-36-38(37-57-60(54,55)59-46-44(52)42(50)41(49)43(51)45(46)53)58-40(48)35-33-31-29-27-25-22-18-16-14-12-10-8-6-4-2/h16,18,38,41-46,49-53H,3-15,17,19-37H2,1-2H3,(H,54,55)/b18-16-/t38-,41?,42-,43?,44?,45?,46?/m1/s1. The minimum absolute atomic E-state index is 0.0908. The van der Waals surface area contributed by atoms with Gasteiger partial charge < -0.3 is 39.9 Å². The third-order valence-corrected chi connectivity index (χ3v) is 12.3. The first-order valence-corrected chi connectivity index (χ1v) is 25.5. The van der Waals surface area contributed by atoms with Crippen LogP contribution in [0.25, 0.3) is 0 Å². The number of aliphatic hydroxyl groups excluding tert-OH is 5. The molecule has 0 radical (unpaired) electrons. The van der Waals surface area contributed by atoms with Gasteiger partial charge in [0.05, 0.1) is 6.61 Å². The van der Waals surface area contributed by atoms with Gasteiger partial charge >= 0.3 is 19.8 Å². The first-order valence-electron chi connectivity index (χ1n) is 24.0. The summed E-state index contributed by atoms with van der Waals surface area (Å²) in [4.78, 5) is 35.7. The molecule has 6 unspecified atom stereocenters. The summed E-state index contributed by atoms with van der Waals surface area (Å²) in [6.45, 7) is 3.30. The lowest BCUT2D eigenvalue weighted by atomic mass is 9.85. The van der Waals surface area contributed by atoms with Gasteiger partial charge in [0.1, 0.15) is 43.2 Å². The molecule has 354 valence electrons. The van der Waals surface area contributed by atoms with E-state index in [0.717, 1.165) is 57.8 Å². The molecule has 0 spiro atoms. The van der Waals surface area contributed by atoms with Gasteiger partial charge in [-0.05, 0) is 38.5 Å². The van der Waals surface area contributed by atoms with Crippen molar-refractivity contribution < 1.29 is 63.1 Å². The maximum atomic E-state index is 12.8. The number of carbonyl (C=O) groups is 2. The lowest BCUT2D eigenvalue weighted by Crippen LogP contribution is -2.64. The van der Waals surface area contributed by atoms with E-state index < -0.39 is 75.7 Å². The molecule has 13 nitrogen and oxygen atoms in total. The van der Waals surface area contributed by atoms with Gasteiger partial charge in [-0.25, -0.2) is 4.57 Å². The maximum absolute atomic E-state index is 12.8. The van der Waals surface area contributed by atoms with Crippen LogP contribution in [-0.2, 0) is 32.7 Å². The Morgan fingerprint density at radius 2 is 0.850 bits per heavy atom. The van der Waals surface area contributed by atoms with E-state index in [2.05, 4.69) is 26.0 Å². The van der Waals surface area contributed by atoms with Crippen molar-refractivity contribution in [3.8, 4) is 0 Å². The summed E-state index contributed by atoms with van der Waals surface area (Å²) in [5.74, 6) is -1.10. The normalized spacial score (nSPS) is 22.2. The number of phosphoric acid groups is 1. The molecule has 1 aliphatic carbocycles. The van der Waals surface area contributed by atoms with Crippen molar-refractivity contribution >= 4 is 19.8 Å². The fraction of sp³-hybridized carbons (Fsp3) is 0.913. The molecule has 0 bridgehead atoms. The van der Waals surface area contributed by atoms with Gasteiger partial charge in [-0.1, -0.05) is 174 Å². The monoisotopic (exact) mass is 879 g/mol. The van der Waals surface area contributed by atoms with Gasteiger partial charge in [0.25, 0.3) is 0 Å². The Balaban J connectivity index is 2.43. The van der Waals surface area contributed by atoms with E-state index in [0.29, 0.717) is 12.8 Å². The highest BCUT2D eigenvalue weighted by atomic mass is 31.2. The number of hydrogen-bond acceptors (Lipinski definition) is 12. The van der Waals surface area contributed by atoms with Crippen molar-refractivity contribution in [2.45, 2.75) is 256 Å². The summed E-state index contributed by atoms with van der Waals surface area (Å²) in [7, 11) is -5.11. The number of phosphoric ester groups is 1. The third kappa shape index (κ3) is 29.0. The minimum atomic E-state index is -5.11. The highest BCUT2D eigenvalue weighted by Crippen LogP contribution is 2.47. The average molecular weight is 879 g/mol. The molecule has 1 aliphatic rings. The van der Waals surface area contributed by atoms with Crippen LogP contribution in [0.5, 0.6) is 0 Å². The highest BCUT2D eigenvalue weighted by molar-refractivity contribution is 7.47. The second-order valence-electron chi connectivity index (χ2n) is 17.0. The number of esters is 2. The molecule has 0 heterocycles.